The predicted octanol–water partition coefficient (Wildman–Crippen LogP) is 2.15. The molecule has 1 aliphatic rings. The lowest BCUT2D eigenvalue weighted by molar-refractivity contribution is 0.318. The lowest BCUT2D eigenvalue weighted by Gasteiger charge is -2.22. The number of hydrogen-bond donors (Lipinski definition) is 1. The van der Waals surface area contributed by atoms with Crippen LogP contribution in [-0.4, -0.2) is 22.9 Å². The molecular weight excluding hydrogens is 210 g/mol. The van der Waals surface area contributed by atoms with E-state index in [0.717, 1.165) is 42.0 Å². The molecule has 1 aromatic rings. The van der Waals surface area contributed by atoms with Gasteiger partial charge in [-0.3, -0.25) is 4.68 Å². The van der Waals surface area contributed by atoms with Gasteiger partial charge in [-0.2, -0.15) is 5.10 Å². The molecule has 0 spiro atoms. The van der Waals surface area contributed by atoms with Crippen LogP contribution in [0.3, 0.4) is 0 Å². The number of aromatic nitrogens is 2. The Morgan fingerprint density at radius 1 is 1.40 bits per heavy atom. The molecular formula is C11H18ClN3. The van der Waals surface area contributed by atoms with Crippen molar-refractivity contribution in [2.45, 2.75) is 33.2 Å². The van der Waals surface area contributed by atoms with Gasteiger partial charge in [-0.15, -0.1) is 0 Å². The third kappa shape index (κ3) is 2.34. The van der Waals surface area contributed by atoms with Crippen molar-refractivity contribution in [3.8, 4) is 0 Å². The molecule has 0 aliphatic carbocycles. The molecule has 0 saturated carbocycles. The molecule has 15 heavy (non-hydrogen) atoms. The van der Waals surface area contributed by atoms with E-state index in [1.165, 1.54) is 12.8 Å². The fraction of sp³-hybridized carbons (Fsp3) is 0.727. The van der Waals surface area contributed by atoms with E-state index >= 15 is 0 Å². The first-order chi connectivity index (χ1) is 7.18. The van der Waals surface area contributed by atoms with Crippen molar-refractivity contribution < 1.29 is 0 Å². The average molecular weight is 228 g/mol. The van der Waals surface area contributed by atoms with E-state index in [-0.39, 0.29) is 0 Å². The Bertz CT molecular complexity index is 340. The van der Waals surface area contributed by atoms with E-state index in [9.17, 15) is 0 Å². The predicted molar refractivity (Wildman–Crippen MR) is 62.3 cm³/mol. The Labute approximate surface area is 95.8 Å². The first kappa shape index (κ1) is 11.0. The van der Waals surface area contributed by atoms with Gasteiger partial charge in [0, 0.05) is 6.54 Å². The molecule has 0 unspecified atom stereocenters. The second kappa shape index (κ2) is 4.54. The summed E-state index contributed by atoms with van der Waals surface area (Å²) < 4.78 is 2.06. The van der Waals surface area contributed by atoms with Crippen LogP contribution in [0.25, 0.3) is 0 Å². The minimum atomic E-state index is 0.750. The summed E-state index contributed by atoms with van der Waals surface area (Å²) in [5.74, 6) is 0.750. The highest BCUT2D eigenvalue weighted by atomic mass is 35.5. The Morgan fingerprint density at radius 3 is 2.60 bits per heavy atom. The summed E-state index contributed by atoms with van der Waals surface area (Å²) in [6.07, 6.45) is 2.49. The molecule has 1 aliphatic heterocycles. The third-order valence-corrected chi connectivity index (χ3v) is 3.73. The van der Waals surface area contributed by atoms with E-state index in [4.69, 9.17) is 11.6 Å². The van der Waals surface area contributed by atoms with Crippen LogP contribution >= 0.6 is 11.6 Å². The van der Waals surface area contributed by atoms with Gasteiger partial charge in [-0.05, 0) is 45.7 Å². The van der Waals surface area contributed by atoms with Crippen molar-refractivity contribution in [2.24, 2.45) is 5.92 Å². The van der Waals surface area contributed by atoms with Gasteiger partial charge >= 0.3 is 0 Å². The molecule has 0 amide bonds. The number of piperidine rings is 1. The first-order valence-electron chi connectivity index (χ1n) is 5.58. The molecule has 0 aromatic carbocycles. The smallest absolute Gasteiger partial charge is 0.0844 e. The maximum absolute atomic E-state index is 6.12. The van der Waals surface area contributed by atoms with Crippen LogP contribution < -0.4 is 5.32 Å². The summed E-state index contributed by atoms with van der Waals surface area (Å²) in [6, 6.07) is 0. The van der Waals surface area contributed by atoms with E-state index in [1.54, 1.807) is 0 Å². The highest BCUT2D eigenvalue weighted by Gasteiger charge is 2.16. The van der Waals surface area contributed by atoms with Gasteiger partial charge in [0.05, 0.1) is 16.4 Å². The van der Waals surface area contributed by atoms with Crippen LogP contribution in [-0.2, 0) is 6.54 Å². The van der Waals surface area contributed by atoms with E-state index in [2.05, 4.69) is 15.1 Å². The van der Waals surface area contributed by atoms with Crippen LogP contribution in [0.4, 0.5) is 0 Å². The van der Waals surface area contributed by atoms with Crippen LogP contribution in [0.1, 0.15) is 24.2 Å². The highest BCUT2D eigenvalue weighted by molar-refractivity contribution is 6.31. The number of rotatable bonds is 2. The molecule has 0 bridgehead atoms. The zero-order chi connectivity index (χ0) is 10.8. The molecule has 1 fully saturated rings. The molecule has 1 saturated heterocycles. The minimum Gasteiger partial charge on any atom is -0.317 e. The molecule has 1 N–H and O–H groups in total. The zero-order valence-corrected chi connectivity index (χ0v) is 10.1. The largest absolute Gasteiger partial charge is 0.317 e. The normalized spacial score (nSPS) is 18.3. The summed E-state index contributed by atoms with van der Waals surface area (Å²) in [5.41, 5.74) is 2.05. The number of nitrogens with one attached hydrogen (secondary N) is 1. The lowest BCUT2D eigenvalue weighted by Crippen LogP contribution is -2.30. The molecule has 1 aromatic heterocycles. The molecule has 2 rings (SSSR count). The topological polar surface area (TPSA) is 29.9 Å². The van der Waals surface area contributed by atoms with Crippen molar-refractivity contribution in [3.05, 3.63) is 16.4 Å². The van der Waals surface area contributed by atoms with Crippen LogP contribution in [0.2, 0.25) is 5.02 Å². The van der Waals surface area contributed by atoms with Gasteiger partial charge in [0.25, 0.3) is 0 Å². The van der Waals surface area contributed by atoms with Gasteiger partial charge in [-0.1, -0.05) is 11.6 Å². The molecule has 84 valence electrons. The SMILES string of the molecule is Cc1nn(CC2CCNCC2)c(C)c1Cl. The Balaban J connectivity index is 2.06. The number of nitrogens with zero attached hydrogens (tertiary/aromatic N) is 2. The summed E-state index contributed by atoms with van der Waals surface area (Å²) in [5, 5.41) is 8.67. The molecule has 0 radical (unpaired) electrons. The Morgan fingerprint density at radius 2 is 2.07 bits per heavy atom. The van der Waals surface area contributed by atoms with Crippen molar-refractivity contribution in [1.29, 1.82) is 0 Å². The first-order valence-corrected chi connectivity index (χ1v) is 5.96. The number of aryl methyl sites for hydroxylation is 1. The van der Waals surface area contributed by atoms with E-state index in [0.29, 0.717) is 0 Å². The summed E-state index contributed by atoms with van der Waals surface area (Å²) in [6.45, 7) is 7.30. The van der Waals surface area contributed by atoms with E-state index in [1.807, 2.05) is 13.8 Å². The lowest BCUT2D eigenvalue weighted by atomic mass is 9.98. The summed E-state index contributed by atoms with van der Waals surface area (Å²) in [7, 11) is 0. The van der Waals surface area contributed by atoms with Gasteiger partial charge in [-0.25, -0.2) is 0 Å². The average Bonchev–Trinajstić information content (AvgIpc) is 2.48. The summed E-state index contributed by atoms with van der Waals surface area (Å²) in [4.78, 5) is 0. The van der Waals surface area contributed by atoms with Crippen molar-refractivity contribution in [2.75, 3.05) is 13.1 Å². The fourth-order valence-corrected chi connectivity index (χ4v) is 2.30. The second-order valence-corrected chi connectivity index (χ2v) is 4.74. The van der Waals surface area contributed by atoms with Gasteiger partial charge in [0.2, 0.25) is 0 Å². The second-order valence-electron chi connectivity index (χ2n) is 4.36. The van der Waals surface area contributed by atoms with Gasteiger partial charge in [0.15, 0.2) is 0 Å². The third-order valence-electron chi connectivity index (χ3n) is 3.18. The fourth-order valence-electron chi connectivity index (χ4n) is 2.16. The molecule has 0 atom stereocenters. The van der Waals surface area contributed by atoms with Crippen LogP contribution in [0.15, 0.2) is 0 Å². The maximum Gasteiger partial charge on any atom is 0.0844 e. The standard InChI is InChI=1S/C11H18ClN3/c1-8-11(12)9(2)15(14-8)7-10-3-5-13-6-4-10/h10,13H,3-7H2,1-2H3. The molecule has 3 nitrogen and oxygen atoms in total. The molecule has 2 heterocycles. The number of halogens is 1. The zero-order valence-electron chi connectivity index (χ0n) is 9.39. The van der Waals surface area contributed by atoms with Crippen LogP contribution in [0.5, 0.6) is 0 Å². The van der Waals surface area contributed by atoms with Crippen molar-refractivity contribution in [3.63, 3.8) is 0 Å². The number of hydrogen-bond acceptors (Lipinski definition) is 2. The Kier molecular flexibility index (Phi) is 3.32. The van der Waals surface area contributed by atoms with Gasteiger partial charge in [0.1, 0.15) is 0 Å². The monoisotopic (exact) mass is 227 g/mol. The molecule has 4 heteroatoms. The quantitative estimate of drug-likeness (QED) is 0.839. The van der Waals surface area contributed by atoms with Crippen molar-refractivity contribution in [1.82, 2.24) is 15.1 Å². The van der Waals surface area contributed by atoms with E-state index < -0.39 is 0 Å². The minimum absolute atomic E-state index is 0.750. The highest BCUT2D eigenvalue weighted by Crippen LogP contribution is 2.21. The Hall–Kier alpha value is -0.540. The van der Waals surface area contributed by atoms with Crippen LogP contribution in [0, 0.1) is 19.8 Å². The van der Waals surface area contributed by atoms with Crippen molar-refractivity contribution >= 4 is 11.6 Å². The van der Waals surface area contributed by atoms with Gasteiger partial charge < -0.3 is 5.32 Å². The summed E-state index contributed by atoms with van der Waals surface area (Å²) >= 11 is 6.12. The maximum atomic E-state index is 6.12.